The maximum Gasteiger partial charge on any atom is 0.407 e. The lowest BCUT2D eigenvalue weighted by atomic mass is 10.2. The maximum absolute atomic E-state index is 11.5. The standard InChI is InChI=1S/C13H13N3O3/c17-12(16-7-6-14-10-16)8-15-13(18)19-9-11-4-2-1-3-5-11/h1-7,10H,8-9H2,(H,15,18). The van der Waals surface area contributed by atoms with Gasteiger partial charge in [-0.05, 0) is 5.56 Å². The van der Waals surface area contributed by atoms with E-state index in [1.54, 1.807) is 0 Å². The normalized spacial score (nSPS) is 9.89. The molecular formula is C13H13N3O3. The van der Waals surface area contributed by atoms with Crippen molar-refractivity contribution in [3.63, 3.8) is 0 Å². The molecule has 0 aliphatic carbocycles. The summed E-state index contributed by atoms with van der Waals surface area (Å²) in [5, 5.41) is 2.38. The van der Waals surface area contributed by atoms with Gasteiger partial charge in [0, 0.05) is 12.4 Å². The quantitative estimate of drug-likeness (QED) is 0.901. The molecule has 0 atom stereocenters. The third-order valence-electron chi connectivity index (χ3n) is 2.39. The number of hydrogen-bond acceptors (Lipinski definition) is 4. The molecule has 0 saturated carbocycles. The Morgan fingerprint density at radius 3 is 2.74 bits per heavy atom. The van der Waals surface area contributed by atoms with Gasteiger partial charge in [-0.25, -0.2) is 9.78 Å². The van der Waals surface area contributed by atoms with Gasteiger partial charge < -0.3 is 10.1 Å². The lowest BCUT2D eigenvalue weighted by Crippen LogP contribution is -2.32. The Hall–Kier alpha value is -2.63. The number of nitrogens with one attached hydrogen (secondary N) is 1. The average Bonchev–Trinajstić information content (AvgIpc) is 2.98. The number of carbonyl (C=O) groups is 2. The van der Waals surface area contributed by atoms with Crippen molar-refractivity contribution in [3.8, 4) is 0 Å². The molecule has 0 unspecified atom stereocenters. The predicted octanol–water partition coefficient (Wildman–Crippen LogP) is 1.45. The molecule has 1 aromatic carbocycles. The highest BCUT2D eigenvalue weighted by Crippen LogP contribution is 2.00. The summed E-state index contributed by atoms with van der Waals surface area (Å²) in [6.07, 6.45) is 3.75. The second-order valence-corrected chi connectivity index (χ2v) is 3.78. The molecule has 2 aromatic rings. The highest BCUT2D eigenvalue weighted by Gasteiger charge is 2.07. The molecule has 0 aliphatic rings. The molecule has 1 amide bonds. The molecular weight excluding hydrogens is 246 g/mol. The molecule has 2 rings (SSSR count). The topological polar surface area (TPSA) is 73.2 Å². The average molecular weight is 259 g/mol. The van der Waals surface area contributed by atoms with Crippen LogP contribution in [0.25, 0.3) is 0 Å². The van der Waals surface area contributed by atoms with E-state index in [4.69, 9.17) is 4.74 Å². The molecule has 0 fully saturated rings. The zero-order valence-electron chi connectivity index (χ0n) is 10.2. The Balaban J connectivity index is 1.72. The molecule has 1 aromatic heterocycles. The Kier molecular flexibility index (Phi) is 4.28. The Labute approximate surface area is 110 Å². The Bertz CT molecular complexity index is 538. The van der Waals surface area contributed by atoms with Crippen molar-refractivity contribution >= 4 is 12.0 Å². The number of nitrogens with zero attached hydrogens (tertiary/aromatic N) is 2. The van der Waals surface area contributed by atoms with Crippen LogP contribution in [0.4, 0.5) is 4.79 Å². The Morgan fingerprint density at radius 2 is 2.05 bits per heavy atom. The zero-order valence-corrected chi connectivity index (χ0v) is 10.2. The first kappa shape index (κ1) is 12.8. The lowest BCUT2D eigenvalue weighted by Gasteiger charge is -2.06. The summed E-state index contributed by atoms with van der Waals surface area (Å²) in [5.41, 5.74) is 0.888. The van der Waals surface area contributed by atoms with Gasteiger partial charge in [-0.15, -0.1) is 0 Å². The molecule has 98 valence electrons. The minimum absolute atomic E-state index is 0.135. The number of aromatic nitrogens is 2. The van der Waals surface area contributed by atoms with Crippen LogP contribution in [0.3, 0.4) is 0 Å². The molecule has 6 nitrogen and oxygen atoms in total. The first-order chi connectivity index (χ1) is 9.25. The summed E-state index contributed by atoms with van der Waals surface area (Å²) >= 11 is 0. The van der Waals surface area contributed by atoms with E-state index in [0.717, 1.165) is 5.56 Å². The number of amides is 1. The van der Waals surface area contributed by atoms with E-state index in [1.807, 2.05) is 30.3 Å². The Morgan fingerprint density at radius 1 is 1.26 bits per heavy atom. The molecule has 19 heavy (non-hydrogen) atoms. The zero-order chi connectivity index (χ0) is 13.5. The second-order valence-electron chi connectivity index (χ2n) is 3.78. The van der Waals surface area contributed by atoms with Gasteiger partial charge in [0.1, 0.15) is 19.5 Å². The minimum atomic E-state index is -0.627. The molecule has 1 N–H and O–H groups in total. The van der Waals surface area contributed by atoms with E-state index in [2.05, 4.69) is 10.3 Å². The first-order valence-corrected chi connectivity index (χ1v) is 5.71. The van der Waals surface area contributed by atoms with Gasteiger partial charge in [0.05, 0.1) is 0 Å². The van der Waals surface area contributed by atoms with Crippen molar-refractivity contribution in [3.05, 3.63) is 54.6 Å². The van der Waals surface area contributed by atoms with Gasteiger partial charge in [-0.3, -0.25) is 9.36 Å². The van der Waals surface area contributed by atoms with Crippen LogP contribution in [0.15, 0.2) is 49.1 Å². The summed E-state index contributed by atoms with van der Waals surface area (Å²) in [6.45, 7) is 0.0376. The highest BCUT2D eigenvalue weighted by molar-refractivity contribution is 5.83. The minimum Gasteiger partial charge on any atom is -0.445 e. The summed E-state index contributed by atoms with van der Waals surface area (Å²) in [6, 6.07) is 9.31. The third-order valence-corrected chi connectivity index (χ3v) is 2.39. The van der Waals surface area contributed by atoms with Gasteiger partial charge >= 0.3 is 6.09 Å². The number of alkyl carbamates (subject to hydrolysis) is 1. The van der Waals surface area contributed by atoms with Crippen LogP contribution in [-0.4, -0.2) is 28.1 Å². The number of benzene rings is 1. The maximum atomic E-state index is 11.5. The fourth-order valence-electron chi connectivity index (χ4n) is 1.42. The highest BCUT2D eigenvalue weighted by atomic mass is 16.5. The van der Waals surface area contributed by atoms with E-state index < -0.39 is 6.09 Å². The van der Waals surface area contributed by atoms with Gasteiger partial charge in [-0.2, -0.15) is 0 Å². The van der Waals surface area contributed by atoms with E-state index in [0.29, 0.717) is 0 Å². The number of rotatable bonds is 4. The van der Waals surface area contributed by atoms with Crippen LogP contribution in [0, 0.1) is 0 Å². The van der Waals surface area contributed by atoms with Crippen LogP contribution >= 0.6 is 0 Å². The van der Waals surface area contributed by atoms with Crippen LogP contribution in [0.1, 0.15) is 10.4 Å². The van der Waals surface area contributed by atoms with E-state index >= 15 is 0 Å². The number of ether oxygens (including phenoxy) is 1. The van der Waals surface area contributed by atoms with Crippen molar-refractivity contribution in [2.75, 3.05) is 6.54 Å². The number of hydrogen-bond donors (Lipinski definition) is 1. The van der Waals surface area contributed by atoms with Crippen LogP contribution in [-0.2, 0) is 11.3 Å². The van der Waals surface area contributed by atoms with Gasteiger partial charge in [-0.1, -0.05) is 30.3 Å². The molecule has 0 aliphatic heterocycles. The number of carbonyl (C=O) groups excluding carboxylic acids is 2. The predicted molar refractivity (Wildman–Crippen MR) is 67.5 cm³/mol. The smallest absolute Gasteiger partial charge is 0.407 e. The lowest BCUT2D eigenvalue weighted by molar-refractivity contribution is 0.0897. The fraction of sp³-hybridized carbons (Fsp3) is 0.154. The van der Waals surface area contributed by atoms with Crippen molar-refractivity contribution in [1.29, 1.82) is 0 Å². The van der Waals surface area contributed by atoms with Crippen LogP contribution in [0.5, 0.6) is 0 Å². The van der Waals surface area contributed by atoms with Gasteiger partial charge in [0.2, 0.25) is 0 Å². The van der Waals surface area contributed by atoms with Crippen molar-refractivity contribution in [1.82, 2.24) is 14.9 Å². The summed E-state index contributed by atoms with van der Waals surface area (Å²) in [5.74, 6) is -0.283. The molecule has 0 saturated heterocycles. The SMILES string of the molecule is O=C(NCC(=O)n1ccnc1)OCc1ccccc1. The summed E-state index contributed by atoms with van der Waals surface area (Å²) in [7, 11) is 0. The molecule has 1 heterocycles. The summed E-state index contributed by atoms with van der Waals surface area (Å²) < 4.78 is 6.26. The van der Waals surface area contributed by atoms with Gasteiger partial charge in [0.25, 0.3) is 5.91 Å². The van der Waals surface area contributed by atoms with E-state index in [1.165, 1.54) is 23.3 Å². The second kappa shape index (κ2) is 6.34. The van der Waals surface area contributed by atoms with Crippen LogP contribution < -0.4 is 5.32 Å². The monoisotopic (exact) mass is 259 g/mol. The van der Waals surface area contributed by atoms with Crippen molar-refractivity contribution < 1.29 is 14.3 Å². The van der Waals surface area contributed by atoms with Crippen molar-refractivity contribution in [2.45, 2.75) is 6.61 Å². The summed E-state index contributed by atoms with van der Waals surface area (Å²) in [4.78, 5) is 26.7. The first-order valence-electron chi connectivity index (χ1n) is 5.71. The fourth-order valence-corrected chi connectivity index (χ4v) is 1.42. The molecule has 0 radical (unpaired) electrons. The third kappa shape index (κ3) is 3.95. The van der Waals surface area contributed by atoms with E-state index in [9.17, 15) is 9.59 Å². The largest absolute Gasteiger partial charge is 0.445 e. The van der Waals surface area contributed by atoms with Crippen molar-refractivity contribution in [2.24, 2.45) is 0 Å². The van der Waals surface area contributed by atoms with E-state index in [-0.39, 0.29) is 19.1 Å². The van der Waals surface area contributed by atoms with Crippen LogP contribution in [0.2, 0.25) is 0 Å². The molecule has 0 spiro atoms. The molecule has 6 heteroatoms. The molecule has 0 bridgehead atoms. The number of imidazole rings is 1. The van der Waals surface area contributed by atoms with Gasteiger partial charge in [0.15, 0.2) is 0 Å².